The number of amides is 1. The summed E-state index contributed by atoms with van der Waals surface area (Å²) >= 11 is 0. The standard InChI is InChI=1S/C22H31FN2O3/c1-17-5-3-4-11-24(14-17)18(2)10-12-25(22(28)13-21(27)16-26)15-19-6-8-20(23)9-7-19/h6-9,17,26H,2-5,10-16H2,1H3. The highest BCUT2D eigenvalue weighted by atomic mass is 19.1. The minimum absolute atomic E-state index is 0.293. The van der Waals surface area contributed by atoms with Crippen molar-refractivity contribution in [1.82, 2.24) is 9.80 Å². The van der Waals surface area contributed by atoms with E-state index in [4.69, 9.17) is 5.11 Å². The summed E-state index contributed by atoms with van der Waals surface area (Å²) in [5.41, 5.74) is 1.79. The number of ketones is 1. The quantitative estimate of drug-likeness (QED) is 0.658. The van der Waals surface area contributed by atoms with Gasteiger partial charge in [-0.25, -0.2) is 4.39 Å². The summed E-state index contributed by atoms with van der Waals surface area (Å²) in [7, 11) is 0. The summed E-state index contributed by atoms with van der Waals surface area (Å²) in [5, 5.41) is 8.94. The molecule has 1 aliphatic heterocycles. The molecule has 0 saturated carbocycles. The third-order valence-corrected chi connectivity index (χ3v) is 5.19. The molecule has 1 heterocycles. The van der Waals surface area contributed by atoms with Crippen LogP contribution in [0, 0.1) is 11.7 Å². The van der Waals surface area contributed by atoms with E-state index in [1.54, 1.807) is 17.0 Å². The van der Waals surface area contributed by atoms with Crippen molar-refractivity contribution >= 4 is 11.7 Å². The van der Waals surface area contributed by atoms with E-state index in [9.17, 15) is 14.0 Å². The highest BCUT2D eigenvalue weighted by molar-refractivity contribution is 5.98. The number of halogens is 1. The number of carbonyl (C=O) groups excluding carboxylic acids is 2. The number of Topliss-reactive ketones (excluding diaryl/α,β-unsaturated/α-hetero) is 1. The molecule has 28 heavy (non-hydrogen) atoms. The number of likely N-dealkylation sites (tertiary alicyclic amines) is 1. The zero-order valence-corrected chi connectivity index (χ0v) is 16.7. The molecule has 154 valence electrons. The van der Waals surface area contributed by atoms with E-state index in [2.05, 4.69) is 18.4 Å². The van der Waals surface area contributed by atoms with Crippen LogP contribution in [0.3, 0.4) is 0 Å². The second-order valence-corrected chi connectivity index (χ2v) is 7.68. The first-order valence-electron chi connectivity index (χ1n) is 9.96. The van der Waals surface area contributed by atoms with Crippen LogP contribution < -0.4 is 0 Å². The van der Waals surface area contributed by atoms with Gasteiger partial charge in [0.25, 0.3) is 0 Å². The fourth-order valence-corrected chi connectivity index (χ4v) is 3.50. The Hall–Kier alpha value is -2.21. The molecule has 1 fully saturated rings. The first-order chi connectivity index (χ1) is 13.4. The summed E-state index contributed by atoms with van der Waals surface area (Å²) in [6.07, 6.45) is 3.89. The largest absolute Gasteiger partial charge is 0.389 e. The summed E-state index contributed by atoms with van der Waals surface area (Å²) in [6, 6.07) is 5.98. The van der Waals surface area contributed by atoms with Gasteiger partial charge in [-0.3, -0.25) is 9.59 Å². The molecular formula is C22H31FN2O3. The van der Waals surface area contributed by atoms with Crippen molar-refractivity contribution in [3.05, 3.63) is 47.9 Å². The number of rotatable bonds is 9. The van der Waals surface area contributed by atoms with Crippen LogP contribution in [0.15, 0.2) is 36.5 Å². The van der Waals surface area contributed by atoms with Crippen LogP contribution >= 0.6 is 0 Å². The molecule has 0 aromatic heterocycles. The Labute approximate surface area is 166 Å². The maximum Gasteiger partial charge on any atom is 0.230 e. The minimum Gasteiger partial charge on any atom is -0.389 e. The Morgan fingerprint density at radius 1 is 1.29 bits per heavy atom. The van der Waals surface area contributed by atoms with Gasteiger partial charge in [-0.2, -0.15) is 0 Å². The second kappa shape index (κ2) is 11.0. The molecule has 0 aliphatic carbocycles. The van der Waals surface area contributed by atoms with Gasteiger partial charge in [0.15, 0.2) is 5.78 Å². The molecule has 1 unspecified atom stereocenters. The number of aliphatic hydroxyl groups excluding tert-OH is 1. The van der Waals surface area contributed by atoms with Gasteiger partial charge in [-0.15, -0.1) is 0 Å². The molecule has 5 nitrogen and oxygen atoms in total. The van der Waals surface area contributed by atoms with E-state index in [-0.39, 0.29) is 18.1 Å². The molecule has 1 aromatic rings. The Morgan fingerprint density at radius 3 is 2.68 bits per heavy atom. The van der Waals surface area contributed by atoms with Crippen LogP contribution in [0.5, 0.6) is 0 Å². The topological polar surface area (TPSA) is 60.9 Å². The minimum atomic E-state index is -0.644. The lowest BCUT2D eigenvalue weighted by atomic mass is 10.1. The van der Waals surface area contributed by atoms with Crippen LogP contribution in [0.2, 0.25) is 0 Å². The van der Waals surface area contributed by atoms with Crippen molar-refractivity contribution < 1.29 is 19.1 Å². The van der Waals surface area contributed by atoms with Crippen molar-refractivity contribution in [2.75, 3.05) is 26.2 Å². The van der Waals surface area contributed by atoms with Gasteiger partial charge in [0.2, 0.25) is 5.91 Å². The van der Waals surface area contributed by atoms with Crippen LogP contribution in [0.25, 0.3) is 0 Å². The number of aliphatic hydroxyl groups is 1. The maximum atomic E-state index is 13.2. The smallest absolute Gasteiger partial charge is 0.230 e. The van der Waals surface area contributed by atoms with Gasteiger partial charge >= 0.3 is 0 Å². The normalized spacial score (nSPS) is 17.1. The predicted octanol–water partition coefficient (Wildman–Crippen LogP) is 3.13. The third kappa shape index (κ3) is 7.08. The zero-order valence-electron chi connectivity index (χ0n) is 16.7. The third-order valence-electron chi connectivity index (χ3n) is 5.19. The SMILES string of the molecule is C=C(CCN(Cc1ccc(F)cc1)C(=O)CC(=O)CO)N1CCCCC(C)C1. The number of hydrogen-bond donors (Lipinski definition) is 1. The molecular weight excluding hydrogens is 359 g/mol. The van der Waals surface area contributed by atoms with Gasteiger partial charge in [0.05, 0.1) is 6.42 Å². The summed E-state index contributed by atoms with van der Waals surface area (Å²) < 4.78 is 13.2. The average Bonchev–Trinajstić information content (AvgIpc) is 2.90. The summed E-state index contributed by atoms with van der Waals surface area (Å²) in [5.74, 6) is -0.547. The Balaban J connectivity index is 2.01. The van der Waals surface area contributed by atoms with E-state index in [1.807, 2.05) is 0 Å². The van der Waals surface area contributed by atoms with Crippen LogP contribution in [0.1, 0.15) is 44.6 Å². The van der Waals surface area contributed by atoms with E-state index in [0.717, 1.165) is 30.8 Å². The zero-order chi connectivity index (χ0) is 20.5. The number of benzene rings is 1. The van der Waals surface area contributed by atoms with Gasteiger partial charge in [0, 0.05) is 38.3 Å². The van der Waals surface area contributed by atoms with Crippen molar-refractivity contribution in [1.29, 1.82) is 0 Å². The van der Waals surface area contributed by atoms with Crippen molar-refractivity contribution in [3.8, 4) is 0 Å². The highest BCUT2D eigenvalue weighted by Crippen LogP contribution is 2.20. The maximum absolute atomic E-state index is 13.2. The van der Waals surface area contributed by atoms with Gasteiger partial charge in [0.1, 0.15) is 12.4 Å². The molecule has 0 radical (unpaired) electrons. The monoisotopic (exact) mass is 390 g/mol. The number of hydrogen-bond acceptors (Lipinski definition) is 4. The Morgan fingerprint density at radius 2 is 2.00 bits per heavy atom. The van der Waals surface area contributed by atoms with E-state index < -0.39 is 12.4 Å². The van der Waals surface area contributed by atoms with E-state index in [0.29, 0.717) is 25.4 Å². The van der Waals surface area contributed by atoms with Gasteiger partial charge in [-0.05, 0) is 36.5 Å². The highest BCUT2D eigenvalue weighted by Gasteiger charge is 2.20. The average molecular weight is 390 g/mol. The molecule has 1 atom stereocenters. The first kappa shape index (κ1) is 22.1. The lowest BCUT2D eigenvalue weighted by molar-refractivity contribution is -0.136. The fourth-order valence-electron chi connectivity index (χ4n) is 3.50. The van der Waals surface area contributed by atoms with Gasteiger partial charge in [-0.1, -0.05) is 32.1 Å². The molecule has 1 aromatic carbocycles. The second-order valence-electron chi connectivity index (χ2n) is 7.68. The van der Waals surface area contributed by atoms with Crippen molar-refractivity contribution in [2.45, 2.75) is 45.6 Å². The van der Waals surface area contributed by atoms with Crippen LogP contribution in [-0.2, 0) is 16.1 Å². The van der Waals surface area contributed by atoms with Gasteiger partial charge < -0.3 is 14.9 Å². The van der Waals surface area contributed by atoms with E-state index in [1.165, 1.54) is 25.0 Å². The van der Waals surface area contributed by atoms with Crippen molar-refractivity contribution in [2.24, 2.45) is 5.92 Å². The molecule has 1 amide bonds. The fraction of sp³-hybridized carbons (Fsp3) is 0.545. The molecule has 1 aliphatic rings. The summed E-state index contributed by atoms with van der Waals surface area (Å²) in [6.45, 7) is 8.50. The molecule has 1 saturated heterocycles. The molecule has 6 heteroatoms. The van der Waals surface area contributed by atoms with Crippen LogP contribution in [0.4, 0.5) is 4.39 Å². The van der Waals surface area contributed by atoms with E-state index >= 15 is 0 Å². The molecule has 0 spiro atoms. The van der Waals surface area contributed by atoms with Crippen molar-refractivity contribution in [3.63, 3.8) is 0 Å². The van der Waals surface area contributed by atoms with Crippen LogP contribution in [-0.4, -0.2) is 52.8 Å². The lowest BCUT2D eigenvalue weighted by Crippen LogP contribution is -2.35. The molecule has 1 N–H and O–H groups in total. The first-order valence-corrected chi connectivity index (χ1v) is 9.96. The lowest BCUT2D eigenvalue weighted by Gasteiger charge is -2.29. The Bertz CT molecular complexity index is 675. The molecule has 2 rings (SSSR count). The number of nitrogens with zero attached hydrogens (tertiary/aromatic N) is 2. The summed E-state index contributed by atoms with van der Waals surface area (Å²) in [4.78, 5) is 28.0. The molecule has 0 bridgehead atoms. The Kier molecular flexibility index (Phi) is 8.64. The number of carbonyl (C=O) groups is 2. The predicted molar refractivity (Wildman–Crippen MR) is 107 cm³/mol.